The molecule has 0 unspecified atom stereocenters. The van der Waals surface area contributed by atoms with Crippen LogP contribution in [0.3, 0.4) is 0 Å². The molecule has 10 aromatic carbocycles. The van der Waals surface area contributed by atoms with E-state index in [2.05, 4.69) is 191 Å². The molecule has 0 amide bonds. The van der Waals surface area contributed by atoms with E-state index in [-0.39, 0.29) is 0 Å². The van der Waals surface area contributed by atoms with Gasteiger partial charge in [-0.1, -0.05) is 437 Å². The summed E-state index contributed by atoms with van der Waals surface area (Å²) in [6, 6.07) is 96.5. The maximum atomic E-state index is 5.65. The van der Waals surface area contributed by atoms with E-state index in [0.29, 0.717) is 0 Å². The van der Waals surface area contributed by atoms with E-state index in [9.17, 15) is 0 Å². The lowest BCUT2D eigenvalue weighted by atomic mass is 10.2. The second-order valence-electron chi connectivity index (χ2n) is 20.6. The van der Waals surface area contributed by atoms with Crippen LogP contribution in [-0.4, -0.2) is 38.6 Å². The van der Waals surface area contributed by atoms with Crippen molar-refractivity contribution in [3.05, 3.63) is 322 Å². The number of nitrogens with zero attached hydrogens (tertiary/aromatic N) is 8. The van der Waals surface area contributed by atoms with Gasteiger partial charge in [0.2, 0.25) is 0 Å². The van der Waals surface area contributed by atoms with Crippen molar-refractivity contribution in [3.8, 4) is 0 Å². The number of hydrogen-bond acceptors (Lipinski definition) is 7. The fourth-order valence-electron chi connectivity index (χ4n) is 10.3. The Balaban J connectivity index is -0.000000197. The molecule has 0 spiro atoms. The second-order valence-corrected chi connectivity index (χ2v) is 21.7. The van der Waals surface area contributed by atoms with Gasteiger partial charge in [-0.15, -0.1) is 11.3 Å². The Hall–Kier alpha value is -11.1. The molecule has 682 valence electrons. The van der Waals surface area contributed by atoms with Crippen molar-refractivity contribution in [1.82, 2.24) is 38.6 Å². The van der Waals surface area contributed by atoms with Crippen molar-refractivity contribution in [2.75, 3.05) is 0 Å². The molecule has 0 bridgehead atoms. The molecule has 124 heavy (non-hydrogen) atoms. The fraction of sp³-hybridized carbons (Fsp3) is 0.360. The Morgan fingerprint density at radius 2 is 0.452 bits per heavy atom. The predicted octanol–water partition coefficient (Wildman–Crippen LogP) is 38.8. The Morgan fingerprint density at radius 1 is 0.210 bits per heavy atom. The smallest absolute Gasteiger partial charge is 0.135 e. The fourth-order valence-corrected chi connectivity index (χ4v) is 11.4. The minimum absolute atomic E-state index is 0.962. The minimum Gasteiger partial charge on any atom is -0.456 e. The number of benzene rings is 10. The van der Waals surface area contributed by atoms with Gasteiger partial charge in [0.15, 0.2) is 0 Å². The van der Waals surface area contributed by atoms with Crippen LogP contribution in [0.1, 0.15) is 261 Å². The van der Waals surface area contributed by atoms with Gasteiger partial charge in [0.1, 0.15) is 22.8 Å². The van der Waals surface area contributed by atoms with Crippen LogP contribution >= 0.6 is 11.3 Å². The largest absolute Gasteiger partial charge is 0.456 e. The number of pyridine rings is 3. The maximum absolute atomic E-state index is 5.65. The number of fused-ring (bicyclic) bond motifs is 13. The Bertz CT molecular complexity index is 4650. The lowest BCUT2D eigenvalue weighted by molar-refractivity contribution is 0.669. The number of para-hydroxylation sites is 10. The summed E-state index contributed by atoms with van der Waals surface area (Å²) in [7, 11) is 6.18. The quantitative estimate of drug-likeness (QED) is 0.150. The molecule has 0 fully saturated rings. The summed E-state index contributed by atoms with van der Waals surface area (Å²) in [5, 5.41) is 10.2. The maximum Gasteiger partial charge on any atom is 0.135 e. The zero-order valence-electron chi connectivity index (χ0n) is 85.8. The van der Waals surface area contributed by atoms with E-state index >= 15 is 0 Å². The highest BCUT2D eigenvalue weighted by molar-refractivity contribution is 7.25. The first-order chi connectivity index (χ1) is 61.3. The molecule has 0 aliphatic rings. The normalized spacial score (nSPS) is 8.36. The second kappa shape index (κ2) is 92.6. The molecule has 0 aliphatic carbocycles. The van der Waals surface area contributed by atoms with Gasteiger partial charge in [-0.25, -0.2) is 9.97 Å². The molecule has 18 aromatic rings. The van der Waals surface area contributed by atoms with Gasteiger partial charge in [-0.3, -0.25) is 15.0 Å². The van der Waals surface area contributed by atoms with Crippen LogP contribution in [0.4, 0.5) is 0 Å². The molecule has 0 N–H and O–H groups in total. The van der Waals surface area contributed by atoms with Gasteiger partial charge in [0, 0.05) is 109 Å². The van der Waals surface area contributed by atoms with Crippen LogP contribution in [-0.2, 0) is 21.1 Å². The van der Waals surface area contributed by atoms with Gasteiger partial charge < -0.3 is 18.1 Å². The predicted molar refractivity (Wildman–Crippen MR) is 576 cm³/mol. The topological polar surface area (TPSA) is 92.4 Å². The van der Waals surface area contributed by atoms with E-state index < -0.39 is 0 Å². The van der Waals surface area contributed by atoms with E-state index in [1.807, 2.05) is 440 Å². The summed E-state index contributed by atoms with van der Waals surface area (Å²) >= 11 is 1.86. The summed E-state index contributed by atoms with van der Waals surface area (Å²) < 4.78 is 14.8. The monoisotopic (exact) mass is 1700 g/mol. The minimum atomic E-state index is 0.962. The lowest BCUT2D eigenvalue weighted by Gasteiger charge is -1.95. The number of imidazole rings is 2. The summed E-state index contributed by atoms with van der Waals surface area (Å²) in [5.41, 5.74) is 11.2. The summed E-state index contributed by atoms with van der Waals surface area (Å²) in [4.78, 5) is 20.9. The number of aryl methyl sites for hydroxylation is 5. The average Bonchev–Trinajstić information content (AvgIpc) is 1.64. The van der Waals surface area contributed by atoms with Crippen LogP contribution in [0, 0.1) is 13.8 Å². The molecular weight excluding hydrogens is 1530 g/mol. The number of thiophene rings is 1. The molecule has 0 radical (unpaired) electrons. The Labute approximate surface area is 763 Å². The van der Waals surface area contributed by atoms with Crippen molar-refractivity contribution >= 4 is 119 Å². The van der Waals surface area contributed by atoms with Gasteiger partial charge in [-0.05, 0) is 111 Å². The zero-order chi connectivity index (χ0) is 96.4. The number of aromatic nitrogens is 8. The third kappa shape index (κ3) is 45.9. The third-order valence-electron chi connectivity index (χ3n) is 15.0. The van der Waals surface area contributed by atoms with E-state index in [1.54, 1.807) is 12.4 Å². The van der Waals surface area contributed by atoms with Crippen molar-refractivity contribution in [2.45, 2.75) is 263 Å². The van der Waals surface area contributed by atoms with Crippen molar-refractivity contribution in [3.63, 3.8) is 0 Å². The van der Waals surface area contributed by atoms with Crippen LogP contribution in [0.15, 0.2) is 314 Å². The highest BCUT2D eigenvalue weighted by Gasteiger charge is 2.07. The Kier molecular flexibility index (Phi) is 96.0. The average molecular weight is 1700 g/mol. The van der Waals surface area contributed by atoms with Gasteiger partial charge in [0.05, 0.1) is 33.1 Å². The number of furan rings is 1. The lowest BCUT2D eigenvalue weighted by Crippen LogP contribution is -1.89. The van der Waals surface area contributed by atoms with E-state index in [1.165, 1.54) is 74.6 Å². The summed E-state index contributed by atoms with van der Waals surface area (Å²) in [6.45, 7) is 76.0. The molecule has 10 heteroatoms. The molecule has 0 saturated heterocycles. The van der Waals surface area contributed by atoms with E-state index in [4.69, 9.17) is 4.42 Å². The SMILES string of the molecule is CC.CC.CC.CC.CC.CC.CC.CC.CC.CC.CC.CC.CC.CC.CC.CC.CC.CC.Cc1nc2ccccc2n1C.Cc1nc2ccccc2n1C.Cn1c2ccccc2c2ccccc21.c1ccc2c(c1)oc1ccccc12.c1ccc2c(c1)sc1ccccc12.c1ccc2ncccc2c1.c1ccc2ncccc2c1.c1ccncc1. The zero-order valence-corrected chi connectivity index (χ0v) is 86.7. The summed E-state index contributed by atoms with van der Waals surface area (Å²) in [5.74, 6) is 2.12. The first kappa shape index (κ1) is 128. The van der Waals surface area contributed by atoms with E-state index in [0.717, 1.165) is 44.9 Å². The van der Waals surface area contributed by atoms with Crippen molar-refractivity contribution < 1.29 is 4.42 Å². The molecule has 8 aromatic heterocycles. The summed E-state index contributed by atoms with van der Waals surface area (Å²) in [6.07, 6.45) is 7.12. The van der Waals surface area contributed by atoms with Gasteiger partial charge >= 0.3 is 0 Å². The van der Waals surface area contributed by atoms with Crippen LogP contribution in [0.2, 0.25) is 0 Å². The van der Waals surface area contributed by atoms with Crippen LogP contribution in [0.5, 0.6) is 0 Å². The van der Waals surface area contributed by atoms with Crippen molar-refractivity contribution in [1.29, 1.82) is 0 Å². The molecule has 0 atom stereocenters. The van der Waals surface area contributed by atoms with Gasteiger partial charge in [-0.2, -0.15) is 0 Å². The highest BCUT2D eigenvalue weighted by atomic mass is 32.1. The molecule has 18 rings (SSSR count). The molecule has 0 aliphatic heterocycles. The molecule has 0 saturated carbocycles. The van der Waals surface area contributed by atoms with Crippen LogP contribution in [0.25, 0.3) is 108 Å². The number of rotatable bonds is 0. The van der Waals surface area contributed by atoms with Crippen molar-refractivity contribution in [2.24, 2.45) is 21.1 Å². The first-order valence-electron chi connectivity index (χ1n) is 47.1. The van der Waals surface area contributed by atoms with Crippen LogP contribution < -0.4 is 0 Å². The molecule has 8 heterocycles. The third-order valence-corrected chi connectivity index (χ3v) is 16.2. The highest BCUT2D eigenvalue weighted by Crippen LogP contribution is 2.33. The molecular formula is C114H174N8OS. The first-order valence-corrected chi connectivity index (χ1v) is 48.0. The standard InChI is InChI=1S/C13H11N.C12H8O.C12H8S.2C9H10N2.2C9H7N.C5H5N.18C2H6/c1-14-12-8-4-2-6-10(12)11-7-3-5-9-13(11)14;2*1-3-7-11-9(5-1)10-6-2-4-8-12(10)13-11;2*1-7-10-8-5-3-4-6-9(8)11(7)2;2*1-2-6-9-8(4-1)5-3-7-10-9;1-2-4-6-5-3-1;18*1-2/h2-9H,1H3;2*1-8H;2*3-6H,1-2H3;2*1-7H;1-5H;18*1-2H3. The molecule has 9 nitrogen and oxygen atoms in total. The Morgan fingerprint density at radius 3 is 0.734 bits per heavy atom. The number of hydrogen-bond donors (Lipinski definition) is 0. The van der Waals surface area contributed by atoms with Gasteiger partial charge in [0.25, 0.3) is 0 Å².